The van der Waals surface area contributed by atoms with Crippen LogP contribution in [-0.2, 0) is 0 Å². The molecule has 0 bridgehead atoms. The van der Waals surface area contributed by atoms with E-state index in [-0.39, 0.29) is 12.1 Å². The normalized spacial score (nSPS) is 20.2. The van der Waals surface area contributed by atoms with E-state index in [0.717, 1.165) is 23.9 Å². The Labute approximate surface area is 127 Å². The Balaban J connectivity index is 1.68. The summed E-state index contributed by atoms with van der Waals surface area (Å²) in [6.07, 6.45) is 4.10. The van der Waals surface area contributed by atoms with Crippen molar-refractivity contribution in [2.75, 3.05) is 12.4 Å². The van der Waals surface area contributed by atoms with Crippen molar-refractivity contribution in [3.05, 3.63) is 60.3 Å². The van der Waals surface area contributed by atoms with Crippen molar-refractivity contribution in [3.8, 4) is 5.75 Å². The molecule has 0 fully saturated rings. The molecule has 3 heterocycles. The van der Waals surface area contributed by atoms with E-state index < -0.39 is 0 Å². The summed E-state index contributed by atoms with van der Waals surface area (Å²) in [6, 6.07) is 12.2. The number of hydrogen-bond donors (Lipinski definition) is 1. The molecule has 1 aromatic carbocycles. The summed E-state index contributed by atoms with van der Waals surface area (Å²) in [5.41, 5.74) is 1.19. The third kappa shape index (κ3) is 2.13. The maximum Gasteiger partial charge on any atom is 0.222 e. The van der Waals surface area contributed by atoms with Crippen LogP contribution >= 0.6 is 0 Å². The van der Waals surface area contributed by atoms with E-state index in [9.17, 15) is 0 Å². The lowest BCUT2D eigenvalue weighted by atomic mass is 9.96. The maximum absolute atomic E-state index is 5.58. The Morgan fingerprint density at radius 3 is 2.86 bits per heavy atom. The minimum atomic E-state index is 0.0425. The number of furan rings is 1. The fraction of sp³-hybridized carbons (Fsp3) is 0.250. The van der Waals surface area contributed by atoms with E-state index >= 15 is 0 Å². The topological polar surface area (TPSA) is 65.1 Å². The summed E-state index contributed by atoms with van der Waals surface area (Å²) >= 11 is 0. The average molecular weight is 296 g/mol. The molecule has 0 saturated carbocycles. The van der Waals surface area contributed by atoms with Crippen molar-refractivity contribution in [1.82, 2.24) is 14.8 Å². The summed E-state index contributed by atoms with van der Waals surface area (Å²) in [5, 5.41) is 7.74. The molecule has 22 heavy (non-hydrogen) atoms. The third-order valence-electron chi connectivity index (χ3n) is 4.02. The second kappa shape index (κ2) is 5.22. The van der Waals surface area contributed by atoms with Crippen molar-refractivity contribution < 1.29 is 9.15 Å². The highest BCUT2D eigenvalue weighted by Gasteiger charge is 2.31. The summed E-state index contributed by atoms with van der Waals surface area (Å²) in [7, 11) is 1.67. The van der Waals surface area contributed by atoms with Crippen LogP contribution in [0.25, 0.3) is 0 Å². The molecule has 1 N–H and O–H groups in total. The largest absolute Gasteiger partial charge is 0.497 e. The molecule has 4 rings (SSSR count). The molecule has 1 aliphatic heterocycles. The number of benzene rings is 1. The Morgan fingerprint density at radius 1 is 1.27 bits per heavy atom. The van der Waals surface area contributed by atoms with Gasteiger partial charge in [-0.05, 0) is 29.8 Å². The summed E-state index contributed by atoms with van der Waals surface area (Å²) in [5.74, 6) is 2.51. The number of nitrogens with one attached hydrogen (secondary N) is 1. The zero-order valence-corrected chi connectivity index (χ0v) is 12.1. The number of fused-ring (bicyclic) bond motifs is 1. The van der Waals surface area contributed by atoms with E-state index in [1.54, 1.807) is 19.7 Å². The van der Waals surface area contributed by atoms with Crippen LogP contribution in [-0.4, -0.2) is 21.9 Å². The van der Waals surface area contributed by atoms with Gasteiger partial charge in [0, 0.05) is 6.42 Å². The molecule has 112 valence electrons. The number of methoxy groups -OCH3 is 1. The predicted octanol–water partition coefficient (Wildman–Crippen LogP) is 3.03. The van der Waals surface area contributed by atoms with Crippen LogP contribution < -0.4 is 10.1 Å². The highest BCUT2D eigenvalue weighted by atomic mass is 16.5. The van der Waals surface area contributed by atoms with Crippen LogP contribution in [0.2, 0.25) is 0 Å². The first kappa shape index (κ1) is 12.9. The highest BCUT2D eigenvalue weighted by Crippen LogP contribution is 2.37. The van der Waals surface area contributed by atoms with E-state index in [0.29, 0.717) is 0 Å². The Hall–Kier alpha value is -2.76. The van der Waals surface area contributed by atoms with Gasteiger partial charge in [0.25, 0.3) is 0 Å². The molecule has 3 aromatic rings. The van der Waals surface area contributed by atoms with E-state index in [4.69, 9.17) is 9.15 Å². The van der Waals surface area contributed by atoms with Crippen molar-refractivity contribution in [2.24, 2.45) is 0 Å². The first-order valence-corrected chi connectivity index (χ1v) is 7.18. The lowest BCUT2D eigenvalue weighted by molar-refractivity contribution is 0.358. The lowest BCUT2D eigenvalue weighted by Crippen LogP contribution is -2.27. The maximum atomic E-state index is 5.58. The highest BCUT2D eigenvalue weighted by molar-refractivity contribution is 5.38. The van der Waals surface area contributed by atoms with Crippen molar-refractivity contribution in [2.45, 2.75) is 18.5 Å². The van der Waals surface area contributed by atoms with Gasteiger partial charge in [-0.2, -0.15) is 10.1 Å². The van der Waals surface area contributed by atoms with Gasteiger partial charge in [0.05, 0.1) is 19.4 Å². The molecule has 0 amide bonds. The molecule has 0 radical (unpaired) electrons. The van der Waals surface area contributed by atoms with E-state index in [1.165, 1.54) is 5.56 Å². The number of ether oxygens (including phenoxy) is 1. The second-order valence-corrected chi connectivity index (χ2v) is 5.27. The Morgan fingerprint density at radius 2 is 2.14 bits per heavy atom. The van der Waals surface area contributed by atoms with Crippen LogP contribution in [0.15, 0.2) is 53.4 Å². The van der Waals surface area contributed by atoms with Crippen molar-refractivity contribution in [3.63, 3.8) is 0 Å². The van der Waals surface area contributed by atoms with E-state index in [1.807, 2.05) is 28.9 Å². The van der Waals surface area contributed by atoms with Gasteiger partial charge in [0.15, 0.2) is 0 Å². The Bertz CT molecular complexity index is 749. The fourth-order valence-electron chi connectivity index (χ4n) is 2.89. The van der Waals surface area contributed by atoms with Gasteiger partial charge in [-0.15, -0.1) is 0 Å². The number of rotatable bonds is 3. The molecule has 6 nitrogen and oxygen atoms in total. The van der Waals surface area contributed by atoms with Crippen molar-refractivity contribution >= 4 is 5.95 Å². The summed E-state index contributed by atoms with van der Waals surface area (Å²) < 4.78 is 12.7. The van der Waals surface area contributed by atoms with Gasteiger partial charge in [-0.25, -0.2) is 4.68 Å². The number of nitrogens with zero attached hydrogens (tertiary/aromatic N) is 3. The Kier molecular flexibility index (Phi) is 3.07. The van der Waals surface area contributed by atoms with Gasteiger partial charge in [-0.3, -0.25) is 0 Å². The van der Waals surface area contributed by atoms with Crippen LogP contribution in [0.4, 0.5) is 5.95 Å². The first-order chi connectivity index (χ1) is 10.8. The van der Waals surface area contributed by atoms with Gasteiger partial charge in [0.2, 0.25) is 5.95 Å². The number of aromatic nitrogens is 3. The van der Waals surface area contributed by atoms with Gasteiger partial charge >= 0.3 is 0 Å². The smallest absolute Gasteiger partial charge is 0.222 e. The predicted molar refractivity (Wildman–Crippen MR) is 80.8 cm³/mol. The average Bonchev–Trinajstić information content (AvgIpc) is 3.25. The molecular formula is C16H16N4O2. The quantitative estimate of drug-likeness (QED) is 0.804. The molecule has 2 atom stereocenters. The van der Waals surface area contributed by atoms with Gasteiger partial charge < -0.3 is 14.5 Å². The molecule has 0 saturated heterocycles. The summed E-state index contributed by atoms with van der Waals surface area (Å²) in [6.45, 7) is 0. The fourth-order valence-corrected chi connectivity index (χ4v) is 2.89. The molecule has 2 aromatic heterocycles. The molecular weight excluding hydrogens is 280 g/mol. The zero-order chi connectivity index (χ0) is 14.9. The molecule has 0 aliphatic carbocycles. The number of anilines is 1. The van der Waals surface area contributed by atoms with Gasteiger partial charge in [0.1, 0.15) is 23.9 Å². The first-order valence-electron chi connectivity index (χ1n) is 7.18. The van der Waals surface area contributed by atoms with Gasteiger partial charge in [-0.1, -0.05) is 12.1 Å². The zero-order valence-electron chi connectivity index (χ0n) is 12.1. The van der Waals surface area contributed by atoms with E-state index in [2.05, 4.69) is 27.5 Å². The van der Waals surface area contributed by atoms with Crippen LogP contribution in [0, 0.1) is 0 Å². The molecule has 0 spiro atoms. The molecule has 6 heteroatoms. The minimum Gasteiger partial charge on any atom is -0.497 e. The summed E-state index contributed by atoms with van der Waals surface area (Å²) in [4.78, 5) is 4.30. The number of hydrogen-bond acceptors (Lipinski definition) is 5. The van der Waals surface area contributed by atoms with Crippen LogP contribution in [0.3, 0.4) is 0 Å². The SMILES string of the molecule is COc1ccc([C@@H]2C[C@H](c3ccco3)n3ncnc3N2)cc1. The molecule has 1 aliphatic rings. The molecule has 0 unspecified atom stereocenters. The van der Waals surface area contributed by atoms with Crippen LogP contribution in [0.5, 0.6) is 5.75 Å². The van der Waals surface area contributed by atoms with Crippen LogP contribution in [0.1, 0.15) is 29.8 Å². The monoisotopic (exact) mass is 296 g/mol. The second-order valence-electron chi connectivity index (χ2n) is 5.27. The lowest BCUT2D eigenvalue weighted by Gasteiger charge is -2.30. The standard InChI is InChI=1S/C16H16N4O2/c1-21-12-6-4-11(5-7-12)13-9-14(15-3-2-8-22-15)20-16(19-13)17-10-18-20/h2-8,10,13-14H,9H2,1H3,(H,17,18,19)/t13-,14+/m0/s1. The third-order valence-corrected chi connectivity index (χ3v) is 4.02. The minimum absolute atomic E-state index is 0.0425. The van der Waals surface area contributed by atoms with Crippen molar-refractivity contribution in [1.29, 1.82) is 0 Å².